The van der Waals surface area contributed by atoms with Gasteiger partial charge in [0.15, 0.2) is 0 Å². The molecule has 82 valence electrons. The molecular weight excluding hydrogens is 236 g/mol. The maximum atomic E-state index is 13.3. The van der Waals surface area contributed by atoms with Crippen LogP contribution in [0.25, 0.3) is 11.3 Å². The molecule has 0 aliphatic carbocycles. The first-order chi connectivity index (χ1) is 7.58. The molecule has 1 N–H and O–H groups in total. The molecule has 2 aromatic rings. The van der Waals surface area contributed by atoms with Gasteiger partial charge in [0.1, 0.15) is 11.6 Å². The fourth-order valence-electron chi connectivity index (χ4n) is 1.19. The third-order valence-corrected chi connectivity index (χ3v) is 2.72. The molecule has 0 aliphatic heterocycles. The van der Waals surface area contributed by atoms with Gasteiger partial charge in [0.2, 0.25) is 5.01 Å². The molecule has 16 heavy (non-hydrogen) atoms. The molecule has 0 radical (unpaired) electrons. The summed E-state index contributed by atoms with van der Waals surface area (Å²) in [6, 6.07) is 3.05. The molecule has 0 unspecified atom stereocenters. The van der Waals surface area contributed by atoms with E-state index in [1.54, 1.807) is 0 Å². The van der Waals surface area contributed by atoms with Crippen LogP contribution in [0.2, 0.25) is 0 Å². The zero-order valence-corrected chi connectivity index (χ0v) is 8.59. The van der Waals surface area contributed by atoms with Crippen molar-refractivity contribution in [3.63, 3.8) is 0 Å². The molecule has 6 heteroatoms. The summed E-state index contributed by atoms with van der Waals surface area (Å²) in [7, 11) is 0. The summed E-state index contributed by atoms with van der Waals surface area (Å²) < 4.78 is 26.0. The van der Waals surface area contributed by atoms with Gasteiger partial charge in [0.05, 0.1) is 5.69 Å². The van der Waals surface area contributed by atoms with Crippen molar-refractivity contribution in [2.24, 2.45) is 0 Å². The molecule has 2 rings (SSSR count). The van der Waals surface area contributed by atoms with E-state index >= 15 is 0 Å². The first-order valence-corrected chi connectivity index (χ1v) is 5.10. The van der Waals surface area contributed by atoms with Gasteiger partial charge >= 0.3 is 5.97 Å². The van der Waals surface area contributed by atoms with E-state index in [1.165, 1.54) is 11.4 Å². The van der Waals surface area contributed by atoms with E-state index in [1.807, 2.05) is 0 Å². The SMILES string of the molecule is O=C(O)c1nc(-c2ccc(F)cc2F)cs1. The van der Waals surface area contributed by atoms with E-state index < -0.39 is 17.6 Å². The lowest BCUT2D eigenvalue weighted by atomic mass is 10.1. The number of benzene rings is 1. The van der Waals surface area contributed by atoms with Gasteiger partial charge in [-0.3, -0.25) is 0 Å². The fraction of sp³-hybridized carbons (Fsp3) is 0. The van der Waals surface area contributed by atoms with Gasteiger partial charge in [-0.2, -0.15) is 0 Å². The van der Waals surface area contributed by atoms with Crippen molar-refractivity contribution >= 4 is 17.3 Å². The Balaban J connectivity index is 2.46. The van der Waals surface area contributed by atoms with Gasteiger partial charge in [0, 0.05) is 17.0 Å². The average Bonchev–Trinajstić information content (AvgIpc) is 2.66. The van der Waals surface area contributed by atoms with Gasteiger partial charge in [-0.1, -0.05) is 0 Å². The highest BCUT2D eigenvalue weighted by atomic mass is 32.1. The Morgan fingerprint density at radius 2 is 2.12 bits per heavy atom. The van der Waals surface area contributed by atoms with E-state index in [0.29, 0.717) is 0 Å². The summed E-state index contributed by atoms with van der Waals surface area (Å²) in [5, 5.41) is 9.94. The average molecular weight is 241 g/mol. The van der Waals surface area contributed by atoms with Gasteiger partial charge in [-0.25, -0.2) is 18.6 Å². The van der Waals surface area contributed by atoms with Crippen LogP contribution in [0.3, 0.4) is 0 Å². The smallest absolute Gasteiger partial charge is 0.365 e. The summed E-state index contributed by atoms with van der Waals surface area (Å²) in [6.07, 6.45) is 0. The summed E-state index contributed by atoms with van der Waals surface area (Å²) >= 11 is 0.894. The number of thiazole rings is 1. The number of hydrogen-bond acceptors (Lipinski definition) is 3. The summed E-state index contributed by atoms with van der Waals surface area (Å²) in [6.45, 7) is 0. The Hall–Kier alpha value is -1.82. The molecule has 0 atom stereocenters. The number of nitrogens with zero attached hydrogens (tertiary/aromatic N) is 1. The molecule has 0 amide bonds. The number of rotatable bonds is 2. The quantitative estimate of drug-likeness (QED) is 0.879. The number of hydrogen-bond donors (Lipinski definition) is 1. The van der Waals surface area contributed by atoms with Crippen molar-refractivity contribution in [2.45, 2.75) is 0 Å². The predicted octanol–water partition coefficient (Wildman–Crippen LogP) is 2.79. The predicted molar refractivity (Wildman–Crippen MR) is 54.4 cm³/mol. The molecular formula is C10H5F2NO2S. The molecule has 1 aromatic carbocycles. The van der Waals surface area contributed by atoms with Crippen LogP contribution in [0.1, 0.15) is 9.80 Å². The van der Waals surface area contributed by atoms with E-state index in [9.17, 15) is 13.6 Å². The molecule has 0 bridgehead atoms. The highest BCUT2D eigenvalue weighted by Gasteiger charge is 2.13. The zero-order chi connectivity index (χ0) is 11.7. The number of carboxylic acid groups (broad SMARTS) is 1. The van der Waals surface area contributed by atoms with Crippen molar-refractivity contribution in [1.82, 2.24) is 4.98 Å². The maximum absolute atomic E-state index is 13.3. The molecule has 0 saturated carbocycles. The van der Waals surface area contributed by atoms with Crippen molar-refractivity contribution in [2.75, 3.05) is 0 Å². The van der Waals surface area contributed by atoms with Crippen molar-refractivity contribution in [3.8, 4) is 11.3 Å². The van der Waals surface area contributed by atoms with Gasteiger partial charge in [0.25, 0.3) is 0 Å². The Morgan fingerprint density at radius 3 is 2.69 bits per heavy atom. The molecule has 0 spiro atoms. The molecule has 1 aromatic heterocycles. The number of halogens is 2. The second kappa shape index (κ2) is 3.97. The minimum atomic E-state index is -1.17. The standard InChI is InChI=1S/C10H5F2NO2S/c11-5-1-2-6(7(12)3-5)8-4-16-9(13-8)10(14)15/h1-4H,(H,14,15). The van der Waals surface area contributed by atoms with Crippen LogP contribution >= 0.6 is 11.3 Å². The van der Waals surface area contributed by atoms with Gasteiger partial charge < -0.3 is 5.11 Å². The third-order valence-electron chi connectivity index (χ3n) is 1.89. The largest absolute Gasteiger partial charge is 0.476 e. The normalized spacial score (nSPS) is 10.4. The van der Waals surface area contributed by atoms with Crippen LogP contribution < -0.4 is 0 Å². The molecule has 0 fully saturated rings. The Kier molecular flexibility index (Phi) is 2.66. The van der Waals surface area contributed by atoms with Gasteiger partial charge in [-0.05, 0) is 12.1 Å². The van der Waals surface area contributed by atoms with E-state index in [2.05, 4.69) is 4.98 Å². The summed E-state index contributed by atoms with van der Waals surface area (Å²) in [5.74, 6) is -2.61. The van der Waals surface area contributed by atoms with Crippen LogP contribution in [0, 0.1) is 11.6 Å². The lowest BCUT2D eigenvalue weighted by molar-refractivity contribution is 0.0696. The summed E-state index contributed by atoms with van der Waals surface area (Å²) in [4.78, 5) is 14.3. The Bertz CT molecular complexity index is 554. The van der Waals surface area contributed by atoms with Crippen molar-refractivity contribution in [1.29, 1.82) is 0 Å². The number of aromatic carboxylic acids is 1. The third kappa shape index (κ3) is 1.92. The molecule has 3 nitrogen and oxygen atoms in total. The fourth-order valence-corrected chi connectivity index (χ4v) is 1.85. The van der Waals surface area contributed by atoms with Crippen LogP contribution in [-0.2, 0) is 0 Å². The van der Waals surface area contributed by atoms with Crippen LogP contribution in [0.4, 0.5) is 8.78 Å². The minimum Gasteiger partial charge on any atom is -0.476 e. The molecule has 0 saturated heterocycles. The zero-order valence-electron chi connectivity index (χ0n) is 7.78. The topological polar surface area (TPSA) is 50.2 Å². The number of carboxylic acids is 1. The monoisotopic (exact) mass is 241 g/mol. The molecule has 1 heterocycles. The molecule has 0 aliphatic rings. The maximum Gasteiger partial charge on any atom is 0.365 e. The second-order valence-electron chi connectivity index (χ2n) is 2.97. The lowest BCUT2D eigenvalue weighted by Crippen LogP contribution is -1.95. The first kappa shape index (κ1) is 10.7. The van der Waals surface area contributed by atoms with Crippen molar-refractivity contribution in [3.05, 3.63) is 40.2 Å². The van der Waals surface area contributed by atoms with Gasteiger partial charge in [-0.15, -0.1) is 11.3 Å². The summed E-state index contributed by atoms with van der Waals surface area (Å²) in [5.41, 5.74) is 0.282. The number of carbonyl (C=O) groups is 1. The highest BCUT2D eigenvalue weighted by Crippen LogP contribution is 2.25. The van der Waals surface area contributed by atoms with E-state index in [4.69, 9.17) is 5.11 Å². The van der Waals surface area contributed by atoms with Crippen LogP contribution in [0.15, 0.2) is 23.6 Å². The highest BCUT2D eigenvalue weighted by molar-refractivity contribution is 7.11. The first-order valence-electron chi connectivity index (χ1n) is 4.22. The Morgan fingerprint density at radius 1 is 1.38 bits per heavy atom. The lowest BCUT2D eigenvalue weighted by Gasteiger charge is -1.98. The van der Waals surface area contributed by atoms with Crippen molar-refractivity contribution < 1.29 is 18.7 Å². The van der Waals surface area contributed by atoms with Crippen LogP contribution in [0.5, 0.6) is 0 Å². The number of aromatic nitrogens is 1. The van der Waals surface area contributed by atoms with Crippen LogP contribution in [-0.4, -0.2) is 16.1 Å². The minimum absolute atomic E-state index is 0.0881. The Labute approximate surface area is 93.0 Å². The van der Waals surface area contributed by atoms with E-state index in [0.717, 1.165) is 23.5 Å². The second-order valence-corrected chi connectivity index (χ2v) is 3.83. The van der Waals surface area contributed by atoms with E-state index in [-0.39, 0.29) is 16.3 Å².